The van der Waals surface area contributed by atoms with Crippen LogP contribution in [0.1, 0.15) is 5.56 Å². The topological polar surface area (TPSA) is 29.5 Å². The lowest BCUT2D eigenvalue weighted by Gasteiger charge is -2.11. The van der Waals surface area contributed by atoms with Crippen LogP contribution in [0.15, 0.2) is 16.6 Å². The van der Waals surface area contributed by atoms with E-state index in [2.05, 4.69) is 20.7 Å². The zero-order valence-electron chi connectivity index (χ0n) is 7.02. The Hall–Kier alpha value is -0.910. The van der Waals surface area contributed by atoms with Gasteiger partial charge in [-0.3, -0.25) is 0 Å². The van der Waals surface area contributed by atoms with Crippen LogP contribution < -0.4 is 4.74 Å². The number of halogens is 4. The third kappa shape index (κ3) is 2.80. The Balaban J connectivity index is 3.04. The van der Waals surface area contributed by atoms with Crippen molar-refractivity contribution in [2.45, 2.75) is 13.3 Å². The molecule has 1 aromatic carbocycles. The fraction of sp³-hybridized carbons (Fsp3) is 0.250. The molecule has 0 saturated carbocycles. The van der Waals surface area contributed by atoms with Crippen LogP contribution in [-0.4, -0.2) is 11.5 Å². The SMILES string of the molecule is Cc1cc(OC(F)(F)F)c(O)cc1Br. The quantitative estimate of drug-likeness (QED) is 0.848. The Kier molecular flexibility index (Phi) is 2.94. The average Bonchev–Trinajstić information content (AvgIpc) is 1.97. The van der Waals surface area contributed by atoms with Gasteiger partial charge in [-0.2, -0.15) is 0 Å². The van der Waals surface area contributed by atoms with Gasteiger partial charge in [-0.25, -0.2) is 0 Å². The lowest BCUT2D eigenvalue weighted by Crippen LogP contribution is -2.17. The number of aromatic hydroxyl groups is 1. The van der Waals surface area contributed by atoms with E-state index in [1.165, 1.54) is 0 Å². The Morgan fingerprint density at radius 1 is 1.36 bits per heavy atom. The molecule has 1 N–H and O–H groups in total. The van der Waals surface area contributed by atoms with E-state index >= 15 is 0 Å². The van der Waals surface area contributed by atoms with Gasteiger partial charge in [-0.05, 0) is 24.6 Å². The second kappa shape index (κ2) is 3.68. The summed E-state index contributed by atoms with van der Waals surface area (Å²) in [6.07, 6.45) is -4.79. The first-order valence-corrected chi connectivity index (χ1v) is 4.34. The third-order valence-electron chi connectivity index (χ3n) is 1.47. The minimum Gasteiger partial charge on any atom is -0.504 e. The van der Waals surface area contributed by atoms with E-state index in [0.29, 0.717) is 10.0 Å². The summed E-state index contributed by atoms with van der Waals surface area (Å²) >= 11 is 3.06. The molecule has 78 valence electrons. The second-order valence-electron chi connectivity index (χ2n) is 2.62. The largest absolute Gasteiger partial charge is 0.573 e. The lowest BCUT2D eigenvalue weighted by molar-refractivity contribution is -0.275. The number of benzene rings is 1. The van der Waals surface area contributed by atoms with Gasteiger partial charge in [0.2, 0.25) is 0 Å². The highest BCUT2D eigenvalue weighted by Gasteiger charge is 2.32. The van der Waals surface area contributed by atoms with E-state index < -0.39 is 17.9 Å². The van der Waals surface area contributed by atoms with Crippen LogP contribution in [0.3, 0.4) is 0 Å². The van der Waals surface area contributed by atoms with Crippen LogP contribution in [-0.2, 0) is 0 Å². The van der Waals surface area contributed by atoms with E-state index in [1.54, 1.807) is 6.92 Å². The lowest BCUT2D eigenvalue weighted by atomic mass is 10.2. The van der Waals surface area contributed by atoms with E-state index in [-0.39, 0.29) is 0 Å². The predicted octanol–water partition coefficient (Wildman–Crippen LogP) is 3.36. The van der Waals surface area contributed by atoms with Gasteiger partial charge < -0.3 is 9.84 Å². The molecule has 0 aromatic heterocycles. The Morgan fingerprint density at radius 2 is 1.93 bits per heavy atom. The van der Waals surface area contributed by atoms with Crippen LogP contribution in [0.25, 0.3) is 0 Å². The van der Waals surface area contributed by atoms with Crippen molar-refractivity contribution in [2.75, 3.05) is 0 Å². The van der Waals surface area contributed by atoms with E-state index in [4.69, 9.17) is 5.11 Å². The third-order valence-corrected chi connectivity index (χ3v) is 2.32. The van der Waals surface area contributed by atoms with Gasteiger partial charge in [0.15, 0.2) is 11.5 Å². The highest BCUT2D eigenvalue weighted by Crippen LogP contribution is 2.35. The van der Waals surface area contributed by atoms with Gasteiger partial charge in [0.1, 0.15) is 0 Å². The maximum atomic E-state index is 11.8. The number of aryl methyl sites for hydroxylation is 1. The number of hydrogen-bond acceptors (Lipinski definition) is 2. The zero-order chi connectivity index (χ0) is 10.9. The predicted molar refractivity (Wildman–Crippen MR) is 47.2 cm³/mol. The van der Waals surface area contributed by atoms with E-state index in [1.807, 2.05) is 0 Å². The number of alkyl halides is 3. The molecule has 0 aliphatic heterocycles. The number of phenols is 1. The summed E-state index contributed by atoms with van der Waals surface area (Å²) in [6.45, 7) is 1.59. The Bertz CT molecular complexity index is 349. The molecular formula is C8H6BrF3O2. The van der Waals surface area contributed by atoms with E-state index in [9.17, 15) is 13.2 Å². The van der Waals surface area contributed by atoms with E-state index in [0.717, 1.165) is 12.1 Å². The first kappa shape index (κ1) is 11.2. The monoisotopic (exact) mass is 270 g/mol. The molecule has 0 amide bonds. The second-order valence-corrected chi connectivity index (χ2v) is 3.47. The molecule has 14 heavy (non-hydrogen) atoms. The molecule has 0 spiro atoms. The molecule has 2 nitrogen and oxygen atoms in total. The van der Waals surface area contributed by atoms with Crippen LogP contribution in [0.2, 0.25) is 0 Å². The molecule has 0 unspecified atom stereocenters. The standard InChI is InChI=1S/C8H6BrF3O2/c1-4-2-7(14-8(10,11)12)6(13)3-5(4)9/h2-3,13H,1H3. The molecule has 0 heterocycles. The first-order chi connectivity index (χ1) is 6.29. The molecule has 0 aliphatic carbocycles. The van der Waals surface area contributed by atoms with Crippen molar-refractivity contribution in [1.82, 2.24) is 0 Å². The van der Waals surface area contributed by atoms with Gasteiger partial charge in [0.05, 0.1) is 0 Å². The fourth-order valence-electron chi connectivity index (χ4n) is 0.851. The van der Waals surface area contributed by atoms with Gasteiger partial charge in [0.25, 0.3) is 0 Å². The molecule has 0 atom stereocenters. The molecule has 0 aliphatic rings. The minimum atomic E-state index is -4.79. The highest BCUT2D eigenvalue weighted by atomic mass is 79.9. The fourth-order valence-corrected chi connectivity index (χ4v) is 1.18. The van der Waals surface area contributed by atoms with Crippen LogP contribution in [0.4, 0.5) is 13.2 Å². The molecule has 6 heteroatoms. The number of rotatable bonds is 1. The van der Waals surface area contributed by atoms with Crippen LogP contribution in [0, 0.1) is 6.92 Å². The Labute approximate surface area is 86.4 Å². The van der Waals surface area contributed by atoms with Crippen molar-refractivity contribution in [1.29, 1.82) is 0 Å². The minimum absolute atomic E-state index is 0.518. The smallest absolute Gasteiger partial charge is 0.504 e. The Morgan fingerprint density at radius 3 is 2.43 bits per heavy atom. The van der Waals surface area contributed by atoms with Crippen molar-refractivity contribution in [3.63, 3.8) is 0 Å². The maximum Gasteiger partial charge on any atom is 0.573 e. The summed E-state index contributed by atoms with van der Waals surface area (Å²) in [5.41, 5.74) is 0.544. The van der Waals surface area contributed by atoms with Gasteiger partial charge >= 0.3 is 6.36 Å². The molecular weight excluding hydrogens is 265 g/mol. The summed E-state index contributed by atoms with van der Waals surface area (Å²) in [6, 6.07) is 2.25. The summed E-state index contributed by atoms with van der Waals surface area (Å²) in [5, 5.41) is 9.12. The average molecular weight is 271 g/mol. The first-order valence-electron chi connectivity index (χ1n) is 3.54. The molecule has 0 fully saturated rings. The van der Waals surface area contributed by atoms with Gasteiger partial charge in [-0.1, -0.05) is 15.9 Å². The summed E-state index contributed by atoms with van der Waals surface area (Å²) in [7, 11) is 0. The van der Waals surface area contributed by atoms with Crippen molar-refractivity contribution >= 4 is 15.9 Å². The summed E-state index contributed by atoms with van der Waals surface area (Å²) in [4.78, 5) is 0. The van der Waals surface area contributed by atoms with Crippen molar-refractivity contribution in [2.24, 2.45) is 0 Å². The van der Waals surface area contributed by atoms with Crippen LogP contribution in [0.5, 0.6) is 11.5 Å². The highest BCUT2D eigenvalue weighted by molar-refractivity contribution is 9.10. The number of phenolic OH excluding ortho intramolecular Hbond substituents is 1. The molecule has 1 rings (SSSR count). The molecule has 0 radical (unpaired) electrons. The molecule has 1 aromatic rings. The normalized spacial score (nSPS) is 11.5. The molecule has 0 bridgehead atoms. The van der Waals surface area contributed by atoms with Crippen LogP contribution >= 0.6 is 15.9 Å². The van der Waals surface area contributed by atoms with Crippen molar-refractivity contribution in [3.05, 3.63) is 22.2 Å². The maximum absolute atomic E-state index is 11.8. The van der Waals surface area contributed by atoms with Crippen molar-refractivity contribution in [3.8, 4) is 11.5 Å². The summed E-state index contributed by atoms with van der Waals surface area (Å²) < 4.78 is 39.5. The van der Waals surface area contributed by atoms with Gasteiger partial charge in [-0.15, -0.1) is 13.2 Å². The zero-order valence-corrected chi connectivity index (χ0v) is 8.61. The number of hydrogen-bond donors (Lipinski definition) is 1. The summed E-state index contributed by atoms with van der Waals surface area (Å²) in [5.74, 6) is -1.15. The van der Waals surface area contributed by atoms with Gasteiger partial charge in [0, 0.05) is 4.47 Å². The molecule has 0 saturated heterocycles. The van der Waals surface area contributed by atoms with Crippen molar-refractivity contribution < 1.29 is 23.0 Å². The number of ether oxygens (including phenoxy) is 1.